The molecule has 0 aliphatic carbocycles. The minimum atomic E-state index is -0.505. The van der Waals surface area contributed by atoms with Gasteiger partial charge in [-0.25, -0.2) is 4.68 Å². The lowest BCUT2D eigenvalue weighted by Gasteiger charge is -2.10. The fourth-order valence-electron chi connectivity index (χ4n) is 4.14. The van der Waals surface area contributed by atoms with E-state index in [9.17, 15) is 14.4 Å². The lowest BCUT2D eigenvalue weighted by atomic mass is 9.94. The minimum Gasteiger partial charge on any atom is -0.400 e. The highest BCUT2D eigenvalue weighted by Crippen LogP contribution is 2.32. The van der Waals surface area contributed by atoms with Crippen molar-refractivity contribution in [3.63, 3.8) is 0 Å². The molecule has 1 aromatic heterocycles. The Labute approximate surface area is 220 Å². The van der Waals surface area contributed by atoms with E-state index in [1.54, 1.807) is 53.2 Å². The van der Waals surface area contributed by atoms with Crippen LogP contribution in [0.3, 0.4) is 0 Å². The van der Waals surface area contributed by atoms with E-state index >= 15 is 0 Å². The van der Waals surface area contributed by atoms with E-state index in [0.29, 0.717) is 22.5 Å². The summed E-state index contributed by atoms with van der Waals surface area (Å²) in [7, 11) is 1.00. The largest absolute Gasteiger partial charge is 0.400 e. The van der Waals surface area contributed by atoms with Crippen LogP contribution >= 0.6 is 0 Å². The predicted molar refractivity (Wildman–Crippen MR) is 147 cm³/mol. The van der Waals surface area contributed by atoms with Crippen molar-refractivity contribution < 1.29 is 19.5 Å². The molecule has 188 valence electrons. The quantitative estimate of drug-likeness (QED) is 0.213. The van der Waals surface area contributed by atoms with Gasteiger partial charge < -0.3 is 5.11 Å². The number of rotatable bonds is 8. The molecule has 0 bridgehead atoms. The van der Waals surface area contributed by atoms with Gasteiger partial charge in [-0.2, -0.15) is 5.10 Å². The summed E-state index contributed by atoms with van der Waals surface area (Å²) in [6, 6.07) is 36.2. The van der Waals surface area contributed by atoms with Gasteiger partial charge in [-0.1, -0.05) is 109 Å². The Bertz CT molecular complexity index is 1530. The number of aliphatic hydroxyl groups excluding tert-OH is 1. The SMILES string of the molecule is CO.O=C(CC(=O)c1nn(-c2ccccc2)c(-c2ccccc2)c1C(=O)c1ccccc1)c1ccccc1. The van der Waals surface area contributed by atoms with E-state index in [1.165, 1.54) is 0 Å². The van der Waals surface area contributed by atoms with Crippen molar-refractivity contribution >= 4 is 17.3 Å². The summed E-state index contributed by atoms with van der Waals surface area (Å²) in [5, 5.41) is 11.6. The van der Waals surface area contributed by atoms with Crippen LogP contribution in [0.15, 0.2) is 121 Å². The van der Waals surface area contributed by atoms with Gasteiger partial charge in [0.15, 0.2) is 17.3 Å². The Balaban J connectivity index is 0.00000164. The first-order valence-electron chi connectivity index (χ1n) is 12.0. The van der Waals surface area contributed by atoms with E-state index in [2.05, 4.69) is 5.10 Å². The number of nitrogens with zero attached hydrogens (tertiary/aromatic N) is 2. The van der Waals surface area contributed by atoms with Crippen molar-refractivity contribution in [3.8, 4) is 16.9 Å². The van der Waals surface area contributed by atoms with Crippen molar-refractivity contribution in [2.24, 2.45) is 0 Å². The highest BCUT2D eigenvalue weighted by molar-refractivity contribution is 6.21. The van der Waals surface area contributed by atoms with Crippen molar-refractivity contribution in [1.82, 2.24) is 9.78 Å². The Morgan fingerprint density at radius 2 is 1.11 bits per heavy atom. The maximum absolute atomic E-state index is 13.9. The summed E-state index contributed by atoms with van der Waals surface area (Å²) in [5.41, 5.74) is 2.98. The topological polar surface area (TPSA) is 89.3 Å². The summed E-state index contributed by atoms with van der Waals surface area (Å²) >= 11 is 0. The van der Waals surface area contributed by atoms with Gasteiger partial charge >= 0.3 is 0 Å². The monoisotopic (exact) mass is 502 g/mol. The third-order valence-electron chi connectivity index (χ3n) is 5.88. The molecule has 0 amide bonds. The lowest BCUT2D eigenvalue weighted by molar-refractivity contribution is 0.0885. The smallest absolute Gasteiger partial charge is 0.197 e. The van der Waals surface area contributed by atoms with Crippen LogP contribution in [0.4, 0.5) is 0 Å². The second kappa shape index (κ2) is 12.3. The number of carbonyl (C=O) groups is 3. The molecular formula is C32H26N2O4. The van der Waals surface area contributed by atoms with Gasteiger partial charge in [0.05, 0.1) is 23.4 Å². The summed E-state index contributed by atoms with van der Waals surface area (Å²) in [6.07, 6.45) is -0.390. The first-order chi connectivity index (χ1) is 18.6. The molecular weight excluding hydrogens is 476 g/mol. The first kappa shape index (κ1) is 26.1. The maximum atomic E-state index is 13.9. The molecule has 0 spiro atoms. The third kappa shape index (κ3) is 5.56. The van der Waals surface area contributed by atoms with Crippen LogP contribution < -0.4 is 0 Å². The zero-order valence-electron chi connectivity index (χ0n) is 20.8. The van der Waals surface area contributed by atoms with E-state index < -0.39 is 5.78 Å². The molecule has 1 N–H and O–H groups in total. The van der Waals surface area contributed by atoms with E-state index in [0.717, 1.165) is 12.7 Å². The minimum absolute atomic E-state index is 0.0177. The molecule has 1 heterocycles. The summed E-state index contributed by atoms with van der Waals surface area (Å²) in [6.45, 7) is 0. The molecule has 6 heteroatoms. The van der Waals surface area contributed by atoms with Crippen LogP contribution in [0, 0.1) is 0 Å². The molecule has 0 fully saturated rings. The molecule has 4 aromatic carbocycles. The number of para-hydroxylation sites is 1. The van der Waals surface area contributed by atoms with E-state index in [-0.39, 0.29) is 29.2 Å². The molecule has 0 atom stereocenters. The molecule has 5 aromatic rings. The number of hydrogen-bond donors (Lipinski definition) is 1. The van der Waals surface area contributed by atoms with Crippen molar-refractivity contribution in [1.29, 1.82) is 0 Å². The van der Waals surface area contributed by atoms with E-state index in [4.69, 9.17) is 5.11 Å². The normalized spacial score (nSPS) is 10.3. The molecule has 0 aliphatic rings. The summed E-state index contributed by atoms with van der Waals surface area (Å²) in [4.78, 5) is 40.3. The second-order valence-electron chi connectivity index (χ2n) is 8.27. The van der Waals surface area contributed by atoms with Gasteiger partial charge in [0, 0.05) is 23.8 Å². The standard InChI is InChI=1S/C31H22N2O3.CH4O/c34-26(22-13-5-1-6-14-22)21-27(35)29-28(31(36)24-17-9-3-10-18-24)30(23-15-7-2-8-16-23)33(32-29)25-19-11-4-12-20-25;1-2/h1-20H,21H2;2H,1H3. The van der Waals surface area contributed by atoms with Crippen LogP contribution in [0.5, 0.6) is 0 Å². The zero-order valence-corrected chi connectivity index (χ0v) is 20.8. The van der Waals surface area contributed by atoms with Gasteiger partial charge in [-0.05, 0) is 12.1 Å². The zero-order chi connectivity index (χ0) is 26.9. The van der Waals surface area contributed by atoms with E-state index in [1.807, 2.05) is 72.8 Å². The highest BCUT2D eigenvalue weighted by atomic mass is 16.2. The van der Waals surface area contributed by atoms with Gasteiger partial charge in [0.2, 0.25) is 0 Å². The number of carbonyl (C=O) groups excluding carboxylic acids is 3. The number of benzene rings is 4. The molecule has 38 heavy (non-hydrogen) atoms. The van der Waals surface area contributed by atoms with Crippen LogP contribution in [0.25, 0.3) is 16.9 Å². The summed E-state index contributed by atoms with van der Waals surface area (Å²) < 4.78 is 1.62. The van der Waals surface area contributed by atoms with Crippen molar-refractivity contribution in [3.05, 3.63) is 144 Å². The van der Waals surface area contributed by atoms with Gasteiger partial charge in [-0.15, -0.1) is 0 Å². The average Bonchev–Trinajstić information content (AvgIpc) is 3.40. The molecule has 0 unspecified atom stereocenters. The lowest BCUT2D eigenvalue weighted by Crippen LogP contribution is -2.14. The number of hydrogen-bond acceptors (Lipinski definition) is 5. The molecule has 0 radical (unpaired) electrons. The van der Waals surface area contributed by atoms with Gasteiger partial charge in [-0.3, -0.25) is 14.4 Å². The third-order valence-corrected chi connectivity index (χ3v) is 5.88. The van der Waals surface area contributed by atoms with Crippen molar-refractivity contribution in [2.75, 3.05) is 7.11 Å². The Morgan fingerprint density at radius 3 is 1.66 bits per heavy atom. The first-order valence-corrected chi connectivity index (χ1v) is 12.0. The Kier molecular flexibility index (Phi) is 8.49. The second-order valence-corrected chi connectivity index (χ2v) is 8.27. The van der Waals surface area contributed by atoms with Gasteiger partial charge in [0.1, 0.15) is 5.69 Å². The average molecular weight is 503 g/mol. The van der Waals surface area contributed by atoms with Crippen LogP contribution in [-0.2, 0) is 0 Å². The number of aliphatic hydroxyl groups is 1. The van der Waals surface area contributed by atoms with Crippen LogP contribution in [-0.4, -0.2) is 39.3 Å². The molecule has 5 rings (SSSR count). The predicted octanol–water partition coefficient (Wildman–Crippen LogP) is 5.83. The van der Waals surface area contributed by atoms with Crippen molar-refractivity contribution in [2.45, 2.75) is 6.42 Å². The molecule has 0 aliphatic heterocycles. The fraction of sp³-hybridized carbons (Fsp3) is 0.0625. The molecule has 0 saturated heterocycles. The fourth-order valence-corrected chi connectivity index (χ4v) is 4.14. The Morgan fingerprint density at radius 1 is 0.632 bits per heavy atom. The van der Waals surface area contributed by atoms with Gasteiger partial charge in [0.25, 0.3) is 0 Å². The summed E-state index contributed by atoms with van der Waals surface area (Å²) in [5.74, 6) is -1.16. The van der Waals surface area contributed by atoms with Crippen LogP contribution in [0.1, 0.15) is 43.2 Å². The number of Topliss-reactive ketones (excluding diaryl/α,β-unsaturated/α-hetero) is 2. The molecule has 0 saturated carbocycles. The highest BCUT2D eigenvalue weighted by Gasteiger charge is 2.30. The molecule has 6 nitrogen and oxygen atoms in total. The maximum Gasteiger partial charge on any atom is 0.197 e. The Hall–Kier alpha value is -4.94. The number of aromatic nitrogens is 2. The number of ketones is 3. The van der Waals surface area contributed by atoms with Crippen LogP contribution in [0.2, 0.25) is 0 Å².